The fourth-order valence-electron chi connectivity index (χ4n) is 3.52. The summed E-state index contributed by atoms with van der Waals surface area (Å²) in [6.45, 7) is 4.43. The Hall–Kier alpha value is -2.62. The predicted molar refractivity (Wildman–Crippen MR) is 128 cm³/mol. The quantitative estimate of drug-likeness (QED) is 0.536. The molecule has 2 aromatic carbocycles. The Morgan fingerprint density at radius 3 is 2.30 bits per heavy atom. The van der Waals surface area contributed by atoms with E-state index in [1.165, 1.54) is 16.4 Å². The number of ether oxygens (including phenoxy) is 2. The molecule has 0 atom stereocenters. The third-order valence-corrected chi connectivity index (χ3v) is 7.86. The van der Waals surface area contributed by atoms with Gasteiger partial charge < -0.3 is 14.8 Å². The minimum absolute atomic E-state index is 0.147. The van der Waals surface area contributed by atoms with E-state index in [9.17, 15) is 13.2 Å². The van der Waals surface area contributed by atoms with Crippen LogP contribution in [0.1, 0.15) is 32.3 Å². The largest absolute Gasteiger partial charge is 0.497 e. The number of carbonyl (C=O) groups is 1. The fraction of sp³-hybridized carbons (Fsp3) is 0.458. The van der Waals surface area contributed by atoms with Gasteiger partial charge in [-0.25, -0.2) is 8.42 Å². The first-order chi connectivity index (χ1) is 15.6. The summed E-state index contributed by atoms with van der Waals surface area (Å²) < 4.78 is 37.4. The van der Waals surface area contributed by atoms with Crippen LogP contribution < -0.4 is 14.8 Å². The zero-order chi connectivity index (χ0) is 24.2. The lowest BCUT2D eigenvalue weighted by Gasteiger charge is -2.23. The van der Waals surface area contributed by atoms with Crippen LogP contribution in [-0.2, 0) is 21.4 Å². The molecule has 1 fully saturated rings. The highest BCUT2D eigenvalue weighted by Crippen LogP contribution is 2.32. The highest BCUT2D eigenvalue weighted by Gasteiger charge is 2.31. The summed E-state index contributed by atoms with van der Waals surface area (Å²) in [7, 11) is 1.24. The van der Waals surface area contributed by atoms with E-state index in [1.807, 2.05) is 32.0 Å². The number of amides is 1. The van der Waals surface area contributed by atoms with Gasteiger partial charge in [0.05, 0.1) is 25.7 Å². The Kier molecular flexibility index (Phi) is 7.99. The molecule has 0 aliphatic heterocycles. The van der Waals surface area contributed by atoms with Gasteiger partial charge >= 0.3 is 0 Å². The summed E-state index contributed by atoms with van der Waals surface area (Å²) in [6, 6.07) is 12.1. The van der Waals surface area contributed by atoms with Crippen LogP contribution in [0.3, 0.4) is 0 Å². The van der Waals surface area contributed by atoms with Crippen molar-refractivity contribution in [3.05, 3.63) is 48.0 Å². The van der Waals surface area contributed by atoms with E-state index in [2.05, 4.69) is 10.2 Å². The molecule has 1 saturated carbocycles. The predicted octanol–water partition coefficient (Wildman–Crippen LogP) is 3.34. The van der Waals surface area contributed by atoms with Gasteiger partial charge in [-0.3, -0.25) is 9.69 Å². The molecule has 3 rings (SSSR count). The van der Waals surface area contributed by atoms with Crippen LogP contribution in [0, 0.1) is 0 Å². The molecule has 180 valence electrons. The first-order valence-corrected chi connectivity index (χ1v) is 12.4. The number of rotatable bonds is 11. The molecule has 2 aromatic rings. The Labute approximate surface area is 196 Å². The van der Waals surface area contributed by atoms with Gasteiger partial charge in [0.1, 0.15) is 11.5 Å². The molecule has 1 aliphatic rings. The SMILES string of the molecule is COc1ccc(OC)c(CN(CC(=O)Nc2ccc(S(=O)(=O)N(C)C(C)C)cc2)C2CC2)c1. The lowest BCUT2D eigenvalue weighted by molar-refractivity contribution is -0.117. The third-order valence-electron chi connectivity index (χ3n) is 5.81. The number of nitrogens with one attached hydrogen (secondary N) is 1. The summed E-state index contributed by atoms with van der Waals surface area (Å²) in [5, 5.41) is 2.88. The number of hydrogen-bond donors (Lipinski definition) is 1. The van der Waals surface area contributed by atoms with Crippen LogP contribution in [0.2, 0.25) is 0 Å². The maximum atomic E-state index is 12.8. The number of benzene rings is 2. The number of sulfonamides is 1. The van der Waals surface area contributed by atoms with E-state index in [1.54, 1.807) is 33.4 Å². The zero-order valence-electron chi connectivity index (χ0n) is 19.9. The monoisotopic (exact) mass is 475 g/mol. The van der Waals surface area contributed by atoms with Gasteiger partial charge in [0, 0.05) is 36.9 Å². The molecule has 9 heteroatoms. The average Bonchev–Trinajstić information content (AvgIpc) is 3.63. The summed E-state index contributed by atoms with van der Waals surface area (Å²) in [4.78, 5) is 15.1. The van der Waals surface area contributed by atoms with E-state index in [-0.39, 0.29) is 23.4 Å². The van der Waals surface area contributed by atoms with Crippen LogP contribution in [-0.4, -0.2) is 63.4 Å². The Morgan fingerprint density at radius 1 is 1.09 bits per heavy atom. The molecule has 0 heterocycles. The molecule has 0 bridgehead atoms. The second-order valence-corrected chi connectivity index (χ2v) is 10.5. The van der Waals surface area contributed by atoms with Gasteiger partial charge in [-0.05, 0) is 69.2 Å². The number of hydrogen-bond acceptors (Lipinski definition) is 6. The lowest BCUT2D eigenvalue weighted by atomic mass is 10.1. The van der Waals surface area contributed by atoms with Crippen molar-refractivity contribution in [2.45, 2.75) is 50.2 Å². The molecule has 33 heavy (non-hydrogen) atoms. The molecule has 0 radical (unpaired) electrons. The van der Waals surface area contributed by atoms with Crippen molar-refractivity contribution >= 4 is 21.6 Å². The zero-order valence-corrected chi connectivity index (χ0v) is 20.7. The summed E-state index contributed by atoms with van der Waals surface area (Å²) in [6.07, 6.45) is 2.10. The van der Waals surface area contributed by atoms with Crippen molar-refractivity contribution in [3.63, 3.8) is 0 Å². The second-order valence-electron chi connectivity index (χ2n) is 8.50. The van der Waals surface area contributed by atoms with Gasteiger partial charge in [0.2, 0.25) is 15.9 Å². The maximum absolute atomic E-state index is 12.8. The van der Waals surface area contributed by atoms with Crippen LogP contribution in [0.5, 0.6) is 11.5 Å². The Bertz CT molecular complexity index is 1070. The second kappa shape index (κ2) is 10.5. The maximum Gasteiger partial charge on any atom is 0.243 e. The van der Waals surface area contributed by atoms with Gasteiger partial charge in [-0.1, -0.05) is 0 Å². The van der Waals surface area contributed by atoms with Gasteiger partial charge in [0.15, 0.2) is 0 Å². The van der Waals surface area contributed by atoms with Gasteiger partial charge in [-0.15, -0.1) is 0 Å². The topological polar surface area (TPSA) is 88.2 Å². The van der Waals surface area contributed by atoms with Crippen molar-refractivity contribution in [1.82, 2.24) is 9.21 Å². The molecular weight excluding hydrogens is 442 g/mol. The Balaban J connectivity index is 1.67. The van der Waals surface area contributed by atoms with E-state index in [4.69, 9.17) is 9.47 Å². The van der Waals surface area contributed by atoms with E-state index in [0.29, 0.717) is 18.3 Å². The molecule has 0 unspecified atom stereocenters. The van der Waals surface area contributed by atoms with Crippen LogP contribution in [0.4, 0.5) is 5.69 Å². The number of nitrogens with zero attached hydrogens (tertiary/aromatic N) is 2. The normalized spacial score (nSPS) is 14.1. The van der Waals surface area contributed by atoms with Crippen molar-refractivity contribution < 1.29 is 22.7 Å². The van der Waals surface area contributed by atoms with Crippen LogP contribution in [0.15, 0.2) is 47.4 Å². The first-order valence-electron chi connectivity index (χ1n) is 11.0. The van der Waals surface area contributed by atoms with Crippen molar-refractivity contribution in [2.75, 3.05) is 33.1 Å². The molecule has 1 amide bonds. The van der Waals surface area contributed by atoms with Gasteiger partial charge in [-0.2, -0.15) is 4.31 Å². The summed E-state index contributed by atoms with van der Waals surface area (Å²) >= 11 is 0. The molecule has 8 nitrogen and oxygen atoms in total. The van der Waals surface area contributed by atoms with E-state index in [0.717, 1.165) is 29.9 Å². The number of methoxy groups -OCH3 is 2. The first kappa shape index (κ1) is 25.0. The summed E-state index contributed by atoms with van der Waals surface area (Å²) in [5.41, 5.74) is 1.52. The molecule has 1 aliphatic carbocycles. The summed E-state index contributed by atoms with van der Waals surface area (Å²) in [5.74, 6) is 1.34. The molecule has 0 aromatic heterocycles. The van der Waals surface area contributed by atoms with Crippen LogP contribution in [0.25, 0.3) is 0 Å². The minimum Gasteiger partial charge on any atom is -0.497 e. The standard InChI is InChI=1S/C24H33N3O5S/c1-17(2)26(3)33(29,30)22-11-6-19(7-12-22)25-24(28)16-27(20-8-9-20)15-18-14-21(31-4)10-13-23(18)32-5/h6-7,10-14,17,20H,8-9,15-16H2,1-5H3,(H,25,28). The number of carbonyl (C=O) groups excluding carboxylic acids is 1. The minimum atomic E-state index is -3.56. The molecule has 0 spiro atoms. The lowest BCUT2D eigenvalue weighted by Crippen LogP contribution is -2.34. The number of anilines is 1. The highest BCUT2D eigenvalue weighted by atomic mass is 32.2. The van der Waals surface area contributed by atoms with E-state index < -0.39 is 10.0 Å². The fourth-order valence-corrected chi connectivity index (χ4v) is 4.88. The van der Waals surface area contributed by atoms with Crippen molar-refractivity contribution in [3.8, 4) is 11.5 Å². The van der Waals surface area contributed by atoms with Gasteiger partial charge in [0.25, 0.3) is 0 Å². The average molecular weight is 476 g/mol. The van der Waals surface area contributed by atoms with Crippen LogP contribution >= 0.6 is 0 Å². The molecule has 1 N–H and O–H groups in total. The smallest absolute Gasteiger partial charge is 0.243 e. The van der Waals surface area contributed by atoms with Crippen molar-refractivity contribution in [1.29, 1.82) is 0 Å². The molecular formula is C24H33N3O5S. The third kappa shape index (κ3) is 6.25. The molecule has 0 saturated heterocycles. The van der Waals surface area contributed by atoms with E-state index >= 15 is 0 Å². The van der Waals surface area contributed by atoms with Crippen molar-refractivity contribution in [2.24, 2.45) is 0 Å². The Morgan fingerprint density at radius 2 is 1.76 bits per heavy atom. The highest BCUT2D eigenvalue weighted by molar-refractivity contribution is 7.89.